The molecule has 4 unspecified atom stereocenters. The molecule has 0 radical (unpaired) electrons. The van der Waals surface area contributed by atoms with Crippen molar-refractivity contribution < 1.29 is 96.4 Å². The van der Waals surface area contributed by atoms with E-state index in [-0.39, 0.29) is 93.0 Å². The largest absolute Gasteiger partial charge is 1.00 e. The SMILES string of the molecule is C[C@]12CCC(=O)C=C1CCC1C2CC[C@@]2(C)C1CC[C@@H]2O.C[C@]12CCC(=O)C=C1CC[C@@H]1C3CC[C@H](O)[C@@]3(C)CC[C@H]12.O=S(=O)([O-])[O-].[Na+].[Na+]. The molecule has 8 rings (SSSR count). The van der Waals surface area contributed by atoms with Crippen molar-refractivity contribution >= 4 is 22.0 Å². The molecule has 0 saturated heterocycles. The van der Waals surface area contributed by atoms with Gasteiger partial charge in [0.15, 0.2) is 11.6 Å². The third kappa shape index (κ3) is 7.77. The van der Waals surface area contributed by atoms with Gasteiger partial charge in [-0.3, -0.25) is 18.0 Å². The minimum absolute atomic E-state index is 0. The molecule has 0 aromatic carbocycles. The van der Waals surface area contributed by atoms with Gasteiger partial charge in [-0.15, -0.1) is 0 Å². The maximum Gasteiger partial charge on any atom is 1.00 e. The number of hydrogen-bond donors (Lipinski definition) is 2. The Morgan fingerprint density at radius 1 is 0.571 bits per heavy atom. The molecule has 6 saturated carbocycles. The van der Waals surface area contributed by atoms with E-state index in [9.17, 15) is 19.8 Å². The molecule has 8 nitrogen and oxygen atoms in total. The van der Waals surface area contributed by atoms with E-state index < -0.39 is 10.4 Å². The first kappa shape index (κ1) is 42.4. The number of aliphatic hydroxyl groups is 2. The van der Waals surface area contributed by atoms with Gasteiger partial charge in [0.05, 0.1) is 12.2 Å². The van der Waals surface area contributed by atoms with Crippen molar-refractivity contribution in [3.05, 3.63) is 23.3 Å². The van der Waals surface area contributed by atoms with Gasteiger partial charge in [-0.2, -0.15) is 0 Å². The summed E-state index contributed by atoms with van der Waals surface area (Å²) in [5, 5.41) is 20.9. The topological polar surface area (TPSA) is 155 Å². The van der Waals surface area contributed by atoms with Crippen molar-refractivity contribution in [2.75, 3.05) is 0 Å². The fourth-order valence-electron chi connectivity index (χ4n) is 13.1. The Bertz CT molecular complexity index is 1350. The fraction of sp³-hybridized carbons (Fsp3) is 0.842. The van der Waals surface area contributed by atoms with Crippen LogP contribution in [0.1, 0.15) is 130 Å². The molecule has 6 fully saturated rings. The first-order chi connectivity index (χ1) is 21.9. The number of carbonyl (C=O) groups excluding carboxylic acids is 2. The van der Waals surface area contributed by atoms with Crippen LogP contribution in [0.25, 0.3) is 0 Å². The zero-order valence-electron chi connectivity index (χ0n) is 30.8. The Morgan fingerprint density at radius 3 is 1.27 bits per heavy atom. The van der Waals surface area contributed by atoms with E-state index in [1.54, 1.807) is 0 Å². The molecular weight excluding hydrogens is 662 g/mol. The molecule has 0 bridgehead atoms. The van der Waals surface area contributed by atoms with Gasteiger partial charge in [-0.25, -0.2) is 0 Å². The van der Waals surface area contributed by atoms with Gasteiger partial charge in [-0.1, -0.05) is 38.8 Å². The molecule has 2 N–H and O–H groups in total. The predicted octanol–water partition coefficient (Wildman–Crippen LogP) is 0.428. The minimum atomic E-state index is -5.17. The van der Waals surface area contributed by atoms with E-state index in [0.717, 1.165) is 75.0 Å². The van der Waals surface area contributed by atoms with Gasteiger partial charge >= 0.3 is 59.1 Å². The van der Waals surface area contributed by atoms with Crippen LogP contribution >= 0.6 is 0 Å². The molecule has 264 valence electrons. The van der Waals surface area contributed by atoms with Crippen LogP contribution < -0.4 is 59.1 Å². The second-order valence-electron chi connectivity index (χ2n) is 17.6. The number of ketones is 2. The summed E-state index contributed by atoms with van der Waals surface area (Å²) in [5.74, 6) is 5.15. The Kier molecular flexibility index (Phi) is 13.3. The van der Waals surface area contributed by atoms with Crippen LogP contribution in [0.15, 0.2) is 23.3 Å². The number of fused-ring (bicyclic) bond motifs is 10. The number of aliphatic hydroxyl groups excluding tert-OH is 2. The normalized spacial score (nSPS) is 46.4. The van der Waals surface area contributed by atoms with Crippen molar-refractivity contribution in [2.45, 2.75) is 143 Å². The van der Waals surface area contributed by atoms with Crippen LogP contribution in [-0.2, 0) is 20.0 Å². The van der Waals surface area contributed by atoms with E-state index in [4.69, 9.17) is 17.5 Å². The van der Waals surface area contributed by atoms with Crippen molar-refractivity contribution in [1.82, 2.24) is 0 Å². The standard InChI is InChI=1S/2C19H28O2.2Na.H2O4S/c2*1-18-9-7-13(20)11-12(18)3-4-14-15-5-6-17(21)19(15,2)10-8-16(14)18;;;1-5(2,3)4/h2*11,14-17,21H,3-10H2,1-2H3;;;(H2,1,2,3,4)/q;;2*+1;/p-2/t14?,15?,16?,17-,18-,19-;14-,15?,16-,17+,18+,19+;;;/m01.../s1. The second-order valence-corrected chi connectivity index (χ2v) is 18.4. The Balaban J connectivity index is 0.000000188. The molecule has 0 heterocycles. The van der Waals surface area contributed by atoms with Crippen molar-refractivity contribution in [3.8, 4) is 0 Å². The molecule has 0 aromatic heterocycles. The van der Waals surface area contributed by atoms with Gasteiger partial charge < -0.3 is 19.3 Å². The summed E-state index contributed by atoms with van der Waals surface area (Å²) in [5.41, 5.74) is 3.77. The van der Waals surface area contributed by atoms with E-state index >= 15 is 0 Å². The molecule has 8 aliphatic rings. The quantitative estimate of drug-likeness (QED) is 0.208. The van der Waals surface area contributed by atoms with Crippen LogP contribution in [0.5, 0.6) is 0 Å². The van der Waals surface area contributed by atoms with Crippen LogP contribution in [0.4, 0.5) is 0 Å². The zero-order valence-corrected chi connectivity index (χ0v) is 35.7. The average molecular weight is 719 g/mol. The maximum atomic E-state index is 11.8. The Hall–Kier alpha value is 0.610. The molecule has 49 heavy (non-hydrogen) atoms. The fourth-order valence-corrected chi connectivity index (χ4v) is 13.1. The molecule has 0 aromatic rings. The van der Waals surface area contributed by atoms with Crippen LogP contribution in [0, 0.1) is 57.2 Å². The van der Waals surface area contributed by atoms with Crippen molar-refractivity contribution in [3.63, 3.8) is 0 Å². The molecule has 12 atom stereocenters. The van der Waals surface area contributed by atoms with Crippen LogP contribution in [0.2, 0.25) is 0 Å². The number of hydrogen-bond acceptors (Lipinski definition) is 8. The smallest absolute Gasteiger partial charge is 0.759 e. The minimum Gasteiger partial charge on any atom is -0.759 e. The third-order valence-corrected chi connectivity index (χ3v) is 15.8. The van der Waals surface area contributed by atoms with Gasteiger partial charge in [0.2, 0.25) is 0 Å². The molecule has 0 aliphatic heterocycles. The van der Waals surface area contributed by atoms with Gasteiger partial charge in [0.25, 0.3) is 0 Å². The monoisotopic (exact) mass is 718 g/mol. The number of rotatable bonds is 0. The number of carbonyl (C=O) groups is 2. The van der Waals surface area contributed by atoms with Crippen LogP contribution in [0.3, 0.4) is 0 Å². The molecule has 0 amide bonds. The molecule has 0 spiro atoms. The van der Waals surface area contributed by atoms with Gasteiger partial charge in [0, 0.05) is 23.2 Å². The zero-order chi connectivity index (χ0) is 34.2. The third-order valence-electron chi connectivity index (χ3n) is 15.8. The summed E-state index contributed by atoms with van der Waals surface area (Å²) in [6, 6.07) is 0. The summed E-state index contributed by atoms with van der Waals surface area (Å²) < 4.78 is 34.1. The molecule has 11 heteroatoms. The summed E-state index contributed by atoms with van der Waals surface area (Å²) in [4.78, 5) is 23.6. The van der Waals surface area contributed by atoms with E-state index in [0.29, 0.717) is 23.4 Å². The van der Waals surface area contributed by atoms with Crippen molar-refractivity contribution in [2.24, 2.45) is 57.2 Å². The molecular formula is C38H56Na2O8S. The van der Waals surface area contributed by atoms with Gasteiger partial charge in [0.1, 0.15) is 0 Å². The Labute approximate surface area is 338 Å². The summed E-state index contributed by atoms with van der Waals surface area (Å²) in [6.07, 6.45) is 21.4. The van der Waals surface area contributed by atoms with E-state index in [2.05, 4.69) is 27.7 Å². The number of allylic oxidation sites excluding steroid dienone is 2. The first-order valence-electron chi connectivity index (χ1n) is 18.4. The molecule has 8 aliphatic carbocycles. The summed E-state index contributed by atoms with van der Waals surface area (Å²) >= 11 is 0. The summed E-state index contributed by atoms with van der Waals surface area (Å²) in [7, 11) is -5.17. The first-order valence-corrected chi connectivity index (χ1v) is 19.7. The summed E-state index contributed by atoms with van der Waals surface area (Å²) in [6.45, 7) is 9.53. The van der Waals surface area contributed by atoms with Gasteiger partial charge in [-0.05, 0) is 159 Å². The van der Waals surface area contributed by atoms with E-state index in [1.807, 2.05) is 12.2 Å². The predicted molar refractivity (Wildman–Crippen MR) is 176 cm³/mol. The van der Waals surface area contributed by atoms with Crippen LogP contribution in [-0.4, -0.2) is 51.5 Å². The second kappa shape index (κ2) is 15.4. The van der Waals surface area contributed by atoms with E-state index in [1.165, 1.54) is 62.5 Å². The van der Waals surface area contributed by atoms with Crippen molar-refractivity contribution in [1.29, 1.82) is 0 Å². The average Bonchev–Trinajstić information content (AvgIpc) is 3.47. The Morgan fingerprint density at radius 2 is 0.918 bits per heavy atom. The maximum absolute atomic E-state index is 11.8.